The van der Waals surface area contributed by atoms with Crippen LogP contribution in [0.15, 0.2) is 0 Å². The summed E-state index contributed by atoms with van der Waals surface area (Å²) in [5.41, 5.74) is -0.340. The van der Waals surface area contributed by atoms with E-state index < -0.39 is 0 Å². The van der Waals surface area contributed by atoms with Crippen LogP contribution in [0, 0.1) is 11.3 Å². The van der Waals surface area contributed by atoms with Crippen LogP contribution in [0.25, 0.3) is 0 Å². The number of nitriles is 1. The summed E-state index contributed by atoms with van der Waals surface area (Å²) in [7, 11) is 2.21. The Morgan fingerprint density at radius 2 is 2.00 bits per heavy atom. The Labute approximate surface area is 118 Å². The zero-order valence-corrected chi connectivity index (χ0v) is 12.9. The second kappa shape index (κ2) is 8.52. The first-order chi connectivity index (χ1) is 9.09. The fourth-order valence-electron chi connectivity index (χ4n) is 2.71. The molecule has 1 rings (SSSR count). The third-order valence-electron chi connectivity index (χ3n) is 4.03. The van der Waals surface area contributed by atoms with Crippen molar-refractivity contribution in [1.29, 1.82) is 5.26 Å². The van der Waals surface area contributed by atoms with Gasteiger partial charge in [0.15, 0.2) is 0 Å². The monoisotopic (exact) mass is 266 g/mol. The quantitative estimate of drug-likeness (QED) is 0.712. The van der Waals surface area contributed by atoms with Crippen molar-refractivity contribution in [1.82, 2.24) is 15.1 Å². The second-order valence-corrected chi connectivity index (χ2v) is 5.93. The second-order valence-electron chi connectivity index (χ2n) is 5.93. The molecular formula is C15H30N4. The van der Waals surface area contributed by atoms with E-state index in [4.69, 9.17) is 0 Å². The molecule has 1 N–H and O–H groups in total. The number of hydrogen-bond donors (Lipinski definition) is 1. The molecule has 0 saturated carbocycles. The minimum Gasteiger partial charge on any atom is -0.305 e. The summed E-state index contributed by atoms with van der Waals surface area (Å²) >= 11 is 0. The first-order valence-corrected chi connectivity index (χ1v) is 7.67. The predicted molar refractivity (Wildman–Crippen MR) is 80.1 cm³/mol. The lowest BCUT2D eigenvalue weighted by Gasteiger charge is -2.24. The van der Waals surface area contributed by atoms with Gasteiger partial charge < -0.3 is 9.80 Å². The smallest absolute Gasteiger partial charge is 0.103 e. The highest BCUT2D eigenvalue weighted by Crippen LogP contribution is 2.13. The molecular weight excluding hydrogens is 236 g/mol. The first kappa shape index (κ1) is 16.4. The van der Waals surface area contributed by atoms with Gasteiger partial charge in [0.2, 0.25) is 0 Å². The minimum absolute atomic E-state index is 0.340. The van der Waals surface area contributed by atoms with Crippen molar-refractivity contribution in [2.24, 2.45) is 0 Å². The maximum atomic E-state index is 9.20. The molecule has 1 aliphatic rings. The molecule has 4 heteroatoms. The number of unbranched alkanes of at least 4 members (excludes halogenated alkanes) is 1. The van der Waals surface area contributed by atoms with Crippen molar-refractivity contribution in [3.8, 4) is 6.07 Å². The van der Waals surface area contributed by atoms with Crippen molar-refractivity contribution in [3.63, 3.8) is 0 Å². The zero-order chi connectivity index (χ0) is 14.1. The van der Waals surface area contributed by atoms with E-state index >= 15 is 0 Å². The largest absolute Gasteiger partial charge is 0.305 e. The van der Waals surface area contributed by atoms with Crippen LogP contribution in [0.4, 0.5) is 0 Å². The van der Waals surface area contributed by atoms with Gasteiger partial charge in [-0.15, -0.1) is 0 Å². The average molecular weight is 266 g/mol. The number of rotatable bonds is 7. The van der Waals surface area contributed by atoms with E-state index in [0.29, 0.717) is 0 Å². The molecule has 1 aliphatic heterocycles. The van der Waals surface area contributed by atoms with E-state index in [9.17, 15) is 5.26 Å². The van der Waals surface area contributed by atoms with Gasteiger partial charge in [-0.1, -0.05) is 6.92 Å². The highest BCUT2D eigenvalue weighted by Gasteiger charge is 2.21. The Kier molecular flexibility index (Phi) is 7.37. The summed E-state index contributed by atoms with van der Waals surface area (Å²) in [6.45, 7) is 11.0. The SMILES string of the molecule is CCNC(C)(C#N)CCCCN1CCCN(C)CC1. The van der Waals surface area contributed by atoms with Gasteiger partial charge in [-0.25, -0.2) is 0 Å². The van der Waals surface area contributed by atoms with Crippen molar-refractivity contribution >= 4 is 0 Å². The van der Waals surface area contributed by atoms with Crippen LogP contribution < -0.4 is 5.32 Å². The highest BCUT2D eigenvalue weighted by atomic mass is 15.2. The summed E-state index contributed by atoms with van der Waals surface area (Å²) in [4.78, 5) is 4.98. The lowest BCUT2D eigenvalue weighted by molar-refractivity contribution is 0.266. The molecule has 0 bridgehead atoms. The molecule has 0 aromatic heterocycles. The third-order valence-corrected chi connectivity index (χ3v) is 4.03. The molecule has 110 valence electrons. The Balaban J connectivity index is 2.18. The molecule has 19 heavy (non-hydrogen) atoms. The molecule has 0 aliphatic carbocycles. The molecule has 0 amide bonds. The summed E-state index contributed by atoms with van der Waals surface area (Å²) < 4.78 is 0. The zero-order valence-electron chi connectivity index (χ0n) is 12.9. The lowest BCUT2D eigenvalue weighted by Crippen LogP contribution is -2.40. The van der Waals surface area contributed by atoms with E-state index in [1.54, 1.807) is 0 Å². The number of likely N-dealkylation sites (N-methyl/N-ethyl adjacent to an activating group) is 1. The number of nitrogens with one attached hydrogen (secondary N) is 1. The lowest BCUT2D eigenvalue weighted by atomic mass is 9.96. The highest BCUT2D eigenvalue weighted by molar-refractivity contribution is 5.03. The maximum absolute atomic E-state index is 9.20. The van der Waals surface area contributed by atoms with E-state index in [-0.39, 0.29) is 5.54 Å². The van der Waals surface area contributed by atoms with Crippen LogP contribution in [0.1, 0.15) is 39.5 Å². The molecule has 1 saturated heterocycles. The molecule has 1 heterocycles. The summed E-state index contributed by atoms with van der Waals surface area (Å²) in [5, 5.41) is 12.5. The van der Waals surface area contributed by atoms with Crippen molar-refractivity contribution in [2.45, 2.75) is 45.1 Å². The molecule has 4 nitrogen and oxygen atoms in total. The molecule has 1 unspecified atom stereocenters. The third kappa shape index (κ3) is 6.38. The number of hydrogen-bond acceptors (Lipinski definition) is 4. The molecule has 0 spiro atoms. The average Bonchev–Trinajstić information content (AvgIpc) is 2.60. The van der Waals surface area contributed by atoms with Gasteiger partial charge in [0, 0.05) is 13.1 Å². The van der Waals surface area contributed by atoms with Crippen LogP contribution in [-0.4, -0.2) is 61.7 Å². The topological polar surface area (TPSA) is 42.3 Å². The molecule has 0 radical (unpaired) electrons. The van der Waals surface area contributed by atoms with Crippen LogP contribution in [0.2, 0.25) is 0 Å². The van der Waals surface area contributed by atoms with Gasteiger partial charge in [-0.2, -0.15) is 5.26 Å². The Bertz CT molecular complexity index is 286. The van der Waals surface area contributed by atoms with Gasteiger partial charge in [-0.05, 0) is 65.8 Å². The van der Waals surface area contributed by atoms with E-state index in [1.165, 1.54) is 45.6 Å². The van der Waals surface area contributed by atoms with Crippen molar-refractivity contribution in [2.75, 3.05) is 46.3 Å². The Hall–Kier alpha value is -0.630. The van der Waals surface area contributed by atoms with Crippen molar-refractivity contribution in [3.05, 3.63) is 0 Å². The standard InChI is InChI=1S/C15H30N4/c1-4-17-15(2,14-16)8-5-6-10-19-11-7-9-18(3)12-13-19/h17H,4-13H2,1-3H3. The van der Waals surface area contributed by atoms with Crippen LogP contribution in [0.3, 0.4) is 0 Å². The Morgan fingerprint density at radius 1 is 1.21 bits per heavy atom. The predicted octanol–water partition coefficient (Wildman–Crippen LogP) is 1.69. The van der Waals surface area contributed by atoms with Gasteiger partial charge >= 0.3 is 0 Å². The molecule has 0 aromatic carbocycles. The van der Waals surface area contributed by atoms with Gasteiger partial charge in [0.1, 0.15) is 5.54 Å². The van der Waals surface area contributed by atoms with Gasteiger partial charge in [0.05, 0.1) is 6.07 Å². The summed E-state index contributed by atoms with van der Waals surface area (Å²) in [6, 6.07) is 2.40. The normalized spacial score (nSPS) is 21.6. The van der Waals surface area contributed by atoms with E-state index in [2.05, 4.69) is 35.2 Å². The molecule has 1 atom stereocenters. The molecule has 0 aromatic rings. The Morgan fingerprint density at radius 3 is 2.68 bits per heavy atom. The fraction of sp³-hybridized carbons (Fsp3) is 0.933. The van der Waals surface area contributed by atoms with Crippen molar-refractivity contribution < 1.29 is 0 Å². The van der Waals surface area contributed by atoms with E-state index in [0.717, 1.165) is 19.4 Å². The molecule has 1 fully saturated rings. The summed E-state index contributed by atoms with van der Waals surface area (Å²) in [6.07, 6.45) is 4.56. The fourth-order valence-corrected chi connectivity index (χ4v) is 2.71. The van der Waals surface area contributed by atoms with Gasteiger partial charge in [-0.3, -0.25) is 5.32 Å². The van der Waals surface area contributed by atoms with Crippen LogP contribution in [-0.2, 0) is 0 Å². The van der Waals surface area contributed by atoms with Crippen LogP contribution in [0.5, 0.6) is 0 Å². The summed E-state index contributed by atoms with van der Waals surface area (Å²) in [5.74, 6) is 0. The minimum atomic E-state index is -0.340. The van der Waals surface area contributed by atoms with Crippen LogP contribution >= 0.6 is 0 Å². The number of nitrogens with zero attached hydrogens (tertiary/aromatic N) is 3. The first-order valence-electron chi connectivity index (χ1n) is 7.67. The van der Waals surface area contributed by atoms with E-state index in [1.807, 2.05) is 6.92 Å². The maximum Gasteiger partial charge on any atom is 0.103 e. The van der Waals surface area contributed by atoms with Gasteiger partial charge in [0.25, 0.3) is 0 Å².